The van der Waals surface area contributed by atoms with Gasteiger partial charge in [-0.3, -0.25) is 9.89 Å². The minimum absolute atomic E-state index is 0.151. The molecule has 4 aromatic rings. The van der Waals surface area contributed by atoms with Gasteiger partial charge in [0.25, 0.3) is 0 Å². The van der Waals surface area contributed by atoms with E-state index in [1.807, 2.05) is 42.5 Å². The average molecular weight is 519 g/mol. The van der Waals surface area contributed by atoms with Crippen molar-refractivity contribution in [3.05, 3.63) is 78.0 Å². The van der Waals surface area contributed by atoms with Crippen LogP contribution in [0, 0.1) is 11.7 Å². The number of aromatic nitrogens is 4. The molecule has 2 aromatic heterocycles. The van der Waals surface area contributed by atoms with Crippen LogP contribution in [0.1, 0.15) is 24.0 Å². The van der Waals surface area contributed by atoms with Crippen molar-refractivity contribution < 1.29 is 18.0 Å². The Balaban J connectivity index is 1.20. The second kappa shape index (κ2) is 9.27. The number of hydrogen-bond donors (Lipinski definition) is 1. The van der Waals surface area contributed by atoms with E-state index in [-0.39, 0.29) is 24.6 Å². The lowest BCUT2D eigenvalue weighted by molar-refractivity contribution is -0.160. The lowest BCUT2D eigenvalue weighted by atomic mass is 9.80. The zero-order chi connectivity index (χ0) is 26.4. The fourth-order valence-electron chi connectivity index (χ4n) is 5.12. The maximum atomic E-state index is 14.8. The Morgan fingerprint density at radius 2 is 1.82 bits per heavy atom. The number of rotatable bonds is 5. The molecule has 1 aliphatic heterocycles. The smallest absolute Gasteiger partial charge is 0.249 e. The van der Waals surface area contributed by atoms with Gasteiger partial charge in [0.15, 0.2) is 17.5 Å². The van der Waals surface area contributed by atoms with Crippen molar-refractivity contribution in [3.8, 4) is 22.5 Å². The van der Waals surface area contributed by atoms with Crippen LogP contribution >= 0.6 is 0 Å². The number of H-pyrrole nitrogens is 1. The highest BCUT2D eigenvalue weighted by Crippen LogP contribution is 2.43. The SMILES string of the molecule is CN(c1ccc(-c2cn[nH]c2)cc1)c1nc(-c2ccc3c(c2)CCN(C(=O)C2CC(F)(F)C2)C3)ncc1F. The molecule has 38 heavy (non-hydrogen) atoms. The van der Waals surface area contributed by atoms with Crippen LogP contribution in [0.4, 0.5) is 24.7 Å². The van der Waals surface area contributed by atoms with Crippen molar-refractivity contribution in [2.45, 2.75) is 31.7 Å². The Labute approximate surface area is 217 Å². The van der Waals surface area contributed by atoms with Gasteiger partial charge < -0.3 is 9.80 Å². The first-order chi connectivity index (χ1) is 18.3. The van der Waals surface area contributed by atoms with Gasteiger partial charge in [-0.15, -0.1) is 0 Å². The normalized spacial score (nSPS) is 16.6. The Hall–Kier alpha value is -4.21. The number of hydrogen-bond acceptors (Lipinski definition) is 5. The lowest BCUT2D eigenvalue weighted by Gasteiger charge is -2.38. The van der Waals surface area contributed by atoms with E-state index in [9.17, 15) is 18.0 Å². The van der Waals surface area contributed by atoms with E-state index in [1.54, 1.807) is 29.2 Å². The molecule has 10 heteroatoms. The Kier molecular flexibility index (Phi) is 5.89. The van der Waals surface area contributed by atoms with E-state index >= 15 is 0 Å². The van der Waals surface area contributed by atoms with E-state index in [4.69, 9.17) is 0 Å². The third-order valence-corrected chi connectivity index (χ3v) is 7.36. The van der Waals surface area contributed by atoms with Gasteiger partial charge in [-0.05, 0) is 41.3 Å². The molecule has 1 amide bonds. The van der Waals surface area contributed by atoms with Crippen LogP contribution in [0.15, 0.2) is 61.1 Å². The maximum absolute atomic E-state index is 14.8. The van der Waals surface area contributed by atoms with Gasteiger partial charge in [0, 0.05) is 61.9 Å². The van der Waals surface area contributed by atoms with Crippen LogP contribution in [-0.4, -0.2) is 50.5 Å². The summed E-state index contributed by atoms with van der Waals surface area (Å²) in [5, 5.41) is 6.75. The molecule has 1 fully saturated rings. The highest BCUT2D eigenvalue weighted by molar-refractivity contribution is 5.80. The predicted octanol–water partition coefficient (Wildman–Crippen LogP) is 5.37. The van der Waals surface area contributed by atoms with Gasteiger partial charge in [-0.1, -0.05) is 24.3 Å². The summed E-state index contributed by atoms with van der Waals surface area (Å²) < 4.78 is 41.2. The molecular formula is C28H25F3N6O. The summed E-state index contributed by atoms with van der Waals surface area (Å²) in [5.41, 5.74) is 5.46. The third kappa shape index (κ3) is 4.51. The standard InChI is InChI=1S/C28H25F3N6O/c1-36(23-6-4-17(5-7-23)22-13-33-34-14-22)26-24(29)15-32-25(35-26)19-2-3-20-16-37(9-8-18(20)10-19)27(38)21-11-28(30,31)12-21/h2-7,10,13-15,21H,8-9,11-12,16H2,1H3,(H,33,34). The molecule has 1 aliphatic carbocycles. The van der Waals surface area contributed by atoms with Crippen LogP contribution in [0.2, 0.25) is 0 Å². The largest absolute Gasteiger partial charge is 0.338 e. The molecule has 3 heterocycles. The first kappa shape index (κ1) is 24.1. The van der Waals surface area contributed by atoms with E-state index in [0.29, 0.717) is 25.3 Å². The van der Waals surface area contributed by atoms with E-state index < -0.39 is 17.7 Å². The van der Waals surface area contributed by atoms with Crippen LogP contribution in [0.25, 0.3) is 22.5 Å². The van der Waals surface area contributed by atoms with Crippen molar-refractivity contribution >= 4 is 17.4 Å². The van der Waals surface area contributed by atoms with Gasteiger partial charge in [0.2, 0.25) is 11.8 Å². The molecule has 0 bridgehead atoms. The summed E-state index contributed by atoms with van der Waals surface area (Å²) in [5.74, 6) is -3.49. The summed E-state index contributed by atoms with van der Waals surface area (Å²) in [6, 6.07) is 13.4. The topological polar surface area (TPSA) is 78.0 Å². The zero-order valence-electron chi connectivity index (χ0n) is 20.7. The van der Waals surface area contributed by atoms with Crippen molar-refractivity contribution in [1.29, 1.82) is 0 Å². The molecule has 2 aromatic carbocycles. The van der Waals surface area contributed by atoms with Crippen molar-refractivity contribution in [2.24, 2.45) is 5.92 Å². The number of amides is 1. The number of nitrogens with one attached hydrogen (secondary N) is 1. The summed E-state index contributed by atoms with van der Waals surface area (Å²) in [6.45, 7) is 0.869. The van der Waals surface area contributed by atoms with Crippen molar-refractivity contribution in [2.75, 3.05) is 18.5 Å². The van der Waals surface area contributed by atoms with Gasteiger partial charge in [0.1, 0.15) is 0 Å². The van der Waals surface area contributed by atoms with Crippen LogP contribution in [0.3, 0.4) is 0 Å². The number of carbonyl (C=O) groups is 1. The molecule has 194 valence electrons. The van der Waals surface area contributed by atoms with E-state index in [1.165, 1.54) is 6.20 Å². The summed E-state index contributed by atoms with van der Waals surface area (Å²) >= 11 is 0. The Morgan fingerprint density at radius 3 is 2.53 bits per heavy atom. The molecule has 0 unspecified atom stereocenters. The number of aromatic amines is 1. The average Bonchev–Trinajstić information content (AvgIpc) is 3.46. The first-order valence-corrected chi connectivity index (χ1v) is 12.4. The zero-order valence-corrected chi connectivity index (χ0v) is 20.7. The lowest BCUT2D eigenvalue weighted by Crippen LogP contribution is -2.48. The van der Waals surface area contributed by atoms with Gasteiger partial charge in [0.05, 0.1) is 12.4 Å². The van der Waals surface area contributed by atoms with Gasteiger partial charge >= 0.3 is 0 Å². The molecule has 0 spiro atoms. The minimum Gasteiger partial charge on any atom is -0.338 e. The number of halogens is 3. The second-order valence-corrected chi connectivity index (χ2v) is 9.91. The second-order valence-electron chi connectivity index (χ2n) is 9.91. The third-order valence-electron chi connectivity index (χ3n) is 7.36. The van der Waals surface area contributed by atoms with Gasteiger partial charge in [-0.2, -0.15) is 5.10 Å². The monoisotopic (exact) mass is 518 g/mol. The summed E-state index contributed by atoms with van der Waals surface area (Å²) in [6.07, 6.45) is 4.59. The van der Waals surface area contributed by atoms with Crippen molar-refractivity contribution in [3.63, 3.8) is 0 Å². The summed E-state index contributed by atoms with van der Waals surface area (Å²) in [7, 11) is 1.75. The highest BCUT2D eigenvalue weighted by atomic mass is 19.3. The number of benzene rings is 2. The molecular weight excluding hydrogens is 493 g/mol. The molecule has 2 aliphatic rings. The predicted molar refractivity (Wildman–Crippen MR) is 136 cm³/mol. The molecule has 6 rings (SSSR count). The molecule has 0 atom stereocenters. The van der Waals surface area contributed by atoms with E-state index in [0.717, 1.165) is 33.5 Å². The summed E-state index contributed by atoms with van der Waals surface area (Å²) in [4.78, 5) is 24.7. The van der Waals surface area contributed by atoms with E-state index in [2.05, 4.69) is 20.2 Å². The molecule has 0 saturated heterocycles. The molecule has 0 radical (unpaired) electrons. The maximum Gasteiger partial charge on any atom is 0.249 e. The number of carbonyl (C=O) groups excluding carboxylic acids is 1. The quantitative estimate of drug-likeness (QED) is 0.384. The molecule has 7 nitrogen and oxygen atoms in total. The molecule has 1 saturated carbocycles. The van der Waals surface area contributed by atoms with Crippen LogP contribution in [-0.2, 0) is 17.8 Å². The Morgan fingerprint density at radius 1 is 1.05 bits per heavy atom. The minimum atomic E-state index is -2.71. The van der Waals surface area contributed by atoms with Crippen LogP contribution < -0.4 is 4.90 Å². The Bertz CT molecular complexity index is 1480. The molecule has 1 N–H and O–H groups in total. The van der Waals surface area contributed by atoms with Gasteiger partial charge in [-0.25, -0.2) is 23.1 Å². The highest BCUT2D eigenvalue weighted by Gasteiger charge is 2.49. The fourth-order valence-corrected chi connectivity index (χ4v) is 5.12. The number of fused-ring (bicyclic) bond motifs is 1. The first-order valence-electron chi connectivity index (χ1n) is 12.4. The van der Waals surface area contributed by atoms with Crippen molar-refractivity contribution in [1.82, 2.24) is 25.1 Å². The number of anilines is 2. The van der Waals surface area contributed by atoms with Crippen LogP contribution in [0.5, 0.6) is 0 Å². The number of nitrogens with zero attached hydrogens (tertiary/aromatic N) is 5. The number of alkyl halides is 2. The fraction of sp³-hybridized carbons (Fsp3) is 0.286.